The van der Waals surface area contributed by atoms with E-state index in [4.69, 9.17) is 9.47 Å². The van der Waals surface area contributed by atoms with Crippen LogP contribution < -0.4 is 9.47 Å². The average Bonchev–Trinajstić information content (AvgIpc) is 2.47. The maximum absolute atomic E-state index is 11.7. The fourth-order valence-corrected chi connectivity index (χ4v) is 3.20. The van der Waals surface area contributed by atoms with Crippen LogP contribution in [0.4, 0.5) is 0 Å². The van der Waals surface area contributed by atoms with Gasteiger partial charge in [0, 0.05) is 32.0 Å². The first-order valence-corrected chi connectivity index (χ1v) is 6.83. The molecule has 1 aromatic rings. The molecular weight excluding hydrogens is 258 g/mol. The summed E-state index contributed by atoms with van der Waals surface area (Å²) in [4.78, 5) is 13.9. The Hall–Kier alpha value is -1.59. The lowest BCUT2D eigenvalue weighted by Gasteiger charge is -2.42. The molecule has 0 aliphatic carbocycles. The van der Waals surface area contributed by atoms with E-state index in [1.54, 1.807) is 14.2 Å². The van der Waals surface area contributed by atoms with E-state index in [0.29, 0.717) is 37.4 Å². The maximum Gasteiger partial charge on any atom is 0.161 e. The molecule has 0 amide bonds. The van der Waals surface area contributed by atoms with Gasteiger partial charge in [0.05, 0.1) is 20.3 Å². The highest BCUT2D eigenvalue weighted by Gasteiger charge is 2.37. The van der Waals surface area contributed by atoms with Crippen molar-refractivity contribution < 1.29 is 19.4 Å². The lowest BCUT2D eigenvalue weighted by molar-refractivity contribution is -0.124. The number of piperidine rings is 1. The van der Waals surface area contributed by atoms with E-state index in [1.807, 2.05) is 12.1 Å². The first-order chi connectivity index (χ1) is 9.63. The smallest absolute Gasteiger partial charge is 0.161 e. The van der Waals surface area contributed by atoms with Gasteiger partial charge in [-0.25, -0.2) is 0 Å². The van der Waals surface area contributed by atoms with E-state index in [2.05, 4.69) is 4.90 Å². The zero-order chi connectivity index (χ0) is 14.3. The van der Waals surface area contributed by atoms with Crippen LogP contribution in [0.2, 0.25) is 0 Å². The minimum absolute atomic E-state index is 0.0504. The highest BCUT2D eigenvalue weighted by atomic mass is 16.5. The van der Waals surface area contributed by atoms with Crippen molar-refractivity contribution >= 4 is 5.78 Å². The van der Waals surface area contributed by atoms with Crippen LogP contribution in [0.3, 0.4) is 0 Å². The normalized spacial score (nSPS) is 25.9. The quantitative estimate of drug-likeness (QED) is 0.887. The van der Waals surface area contributed by atoms with Crippen molar-refractivity contribution in [3.8, 4) is 11.5 Å². The van der Waals surface area contributed by atoms with Crippen LogP contribution in [-0.4, -0.2) is 43.1 Å². The van der Waals surface area contributed by atoms with Crippen molar-refractivity contribution in [3.63, 3.8) is 0 Å². The van der Waals surface area contributed by atoms with E-state index in [-0.39, 0.29) is 11.8 Å². The lowest BCUT2D eigenvalue weighted by Crippen LogP contribution is -2.43. The number of Topliss-reactive ketones (excluding diaryl/α,β-unsaturated/α-hetero) is 1. The molecule has 0 saturated carbocycles. The van der Waals surface area contributed by atoms with Gasteiger partial charge in [-0.15, -0.1) is 0 Å². The SMILES string of the molecule is COc1cc2c(cc1OC)[C@H]1CC(=O)CCN1C[C@H]2O. The zero-order valence-corrected chi connectivity index (χ0v) is 11.8. The van der Waals surface area contributed by atoms with Crippen molar-refractivity contribution in [2.45, 2.75) is 25.0 Å². The second-order valence-electron chi connectivity index (χ2n) is 5.36. The molecule has 1 fully saturated rings. The van der Waals surface area contributed by atoms with Crippen LogP contribution in [0.5, 0.6) is 11.5 Å². The van der Waals surface area contributed by atoms with Crippen molar-refractivity contribution in [1.29, 1.82) is 0 Å². The number of ether oxygens (including phenoxy) is 2. The summed E-state index contributed by atoms with van der Waals surface area (Å²) in [5.41, 5.74) is 1.83. The van der Waals surface area contributed by atoms with Gasteiger partial charge >= 0.3 is 0 Å². The molecular formula is C15H19NO4. The third kappa shape index (κ3) is 2.07. The minimum atomic E-state index is -0.547. The van der Waals surface area contributed by atoms with Crippen LogP contribution in [0, 0.1) is 0 Å². The standard InChI is InChI=1S/C15H19NO4/c1-19-14-6-10-11(7-15(14)20-2)13(18)8-16-4-3-9(17)5-12(10)16/h6-7,12-13,18H,3-5,8H2,1-2H3/t12-,13-/m1/s1. The molecule has 3 rings (SSSR count). The van der Waals surface area contributed by atoms with Crippen molar-refractivity contribution in [3.05, 3.63) is 23.3 Å². The zero-order valence-electron chi connectivity index (χ0n) is 11.8. The summed E-state index contributed by atoms with van der Waals surface area (Å²) < 4.78 is 10.6. The van der Waals surface area contributed by atoms with Gasteiger partial charge in [0.2, 0.25) is 0 Å². The molecule has 2 aliphatic heterocycles. The Morgan fingerprint density at radius 1 is 1.20 bits per heavy atom. The fraction of sp³-hybridized carbons (Fsp3) is 0.533. The number of aliphatic hydroxyl groups is 1. The Morgan fingerprint density at radius 3 is 2.50 bits per heavy atom. The van der Waals surface area contributed by atoms with E-state index in [9.17, 15) is 9.90 Å². The highest BCUT2D eigenvalue weighted by Crippen LogP contribution is 2.43. The molecule has 0 spiro atoms. The van der Waals surface area contributed by atoms with Crippen LogP contribution in [0.15, 0.2) is 12.1 Å². The number of methoxy groups -OCH3 is 2. The summed E-state index contributed by atoms with van der Waals surface area (Å²) in [6.07, 6.45) is 0.537. The number of hydrogen-bond donors (Lipinski definition) is 1. The molecule has 20 heavy (non-hydrogen) atoms. The van der Waals surface area contributed by atoms with Gasteiger partial charge in [0.1, 0.15) is 5.78 Å². The second-order valence-corrected chi connectivity index (χ2v) is 5.36. The average molecular weight is 277 g/mol. The number of carbonyl (C=O) groups excluding carboxylic acids is 1. The molecule has 2 atom stereocenters. The maximum atomic E-state index is 11.7. The third-order valence-corrected chi connectivity index (χ3v) is 4.25. The summed E-state index contributed by atoms with van der Waals surface area (Å²) in [5.74, 6) is 1.53. The Morgan fingerprint density at radius 2 is 1.85 bits per heavy atom. The molecule has 5 nitrogen and oxygen atoms in total. The van der Waals surface area contributed by atoms with E-state index < -0.39 is 6.10 Å². The third-order valence-electron chi connectivity index (χ3n) is 4.25. The molecule has 2 aliphatic rings. The number of benzene rings is 1. The van der Waals surface area contributed by atoms with E-state index in [1.165, 1.54) is 0 Å². The van der Waals surface area contributed by atoms with Gasteiger partial charge < -0.3 is 14.6 Å². The molecule has 0 bridgehead atoms. The molecule has 108 valence electrons. The molecule has 0 radical (unpaired) electrons. The molecule has 1 saturated heterocycles. The number of aliphatic hydroxyl groups excluding tert-OH is 1. The summed E-state index contributed by atoms with van der Waals surface area (Å²) in [7, 11) is 3.17. The van der Waals surface area contributed by atoms with Crippen LogP contribution >= 0.6 is 0 Å². The Balaban J connectivity index is 2.08. The Labute approximate surface area is 118 Å². The molecule has 1 aromatic carbocycles. The van der Waals surface area contributed by atoms with Crippen molar-refractivity contribution in [2.24, 2.45) is 0 Å². The molecule has 2 heterocycles. The summed E-state index contributed by atoms with van der Waals surface area (Å²) in [6.45, 7) is 1.29. The topological polar surface area (TPSA) is 59.0 Å². The van der Waals surface area contributed by atoms with Crippen molar-refractivity contribution in [2.75, 3.05) is 27.3 Å². The van der Waals surface area contributed by atoms with Crippen LogP contribution in [0.25, 0.3) is 0 Å². The molecule has 5 heteroatoms. The molecule has 0 unspecified atom stereocenters. The van der Waals surface area contributed by atoms with E-state index in [0.717, 1.165) is 11.1 Å². The van der Waals surface area contributed by atoms with E-state index >= 15 is 0 Å². The number of hydrogen-bond acceptors (Lipinski definition) is 5. The Bertz CT molecular complexity index is 543. The van der Waals surface area contributed by atoms with Gasteiger partial charge in [-0.2, -0.15) is 0 Å². The first-order valence-electron chi connectivity index (χ1n) is 6.83. The predicted octanol–water partition coefficient (Wildman–Crippen LogP) is 1.46. The van der Waals surface area contributed by atoms with Gasteiger partial charge in [-0.1, -0.05) is 0 Å². The predicted molar refractivity (Wildman–Crippen MR) is 73.1 cm³/mol. The number of fused-ring (bicyclic) bond motifs is 3. The van der Waals surface area contributed by atoms with Gasteiger partial charge in [0.25, 0.3) is 0 Å². The lowest BCUT2D eigenvalue weighted by atomic mass is 9.85. The minimum Gasteiger partial charge on any atom is -0.493 e. The Kier molecular flexibility index (Phi) is 3.40. The number of ketones is 1. The number of nitrogens with zero attached hydrogens (tertiary/aromatic N) is 1. The monoisotopic (exact) mass is 277 g/mol. The fourth-order valence-electron chi connectivity index (χ4n) is 3.20. The van der Waals surface area contributed by atoms with Crippen molar-refractivity contribution in [1.82, 2.24) is 4.90 Å². The van der Waals surface area contributed by atoms with Crippen LogP contribution in [0.1, 0.15) is 36.1 Å². The first kappa shape index (κ1) is 13.4. The highest BCUT2D eigenvalue weighted by molar-refractivity contribution is 5.80. The second kappa shape index (κ2) is 5.07. The summed E-state index contributed by atoms with van der Waals surface area (Å²) in [5, 5.41) is 10.3. The van der Waals surface area contributed by atoms with Gasteiger partial charge in [0.15, 0.2) is 11.5 Å². The molecule has 0 aromatic heterocycles. The summed E-state index contributed by atoms with van der Waals surface area (Å²) in [6, 6.07) is 3.77. The number of carbonyl (C=O) groups is 1. The number of rotatable bonds is 2. The van der Waals surface area contributed by atoms with Gasteiger partial charge in [-0.05, 0) is 23.3 Å². The molecule has 1 N–H and O–H groups in total. The van der Waals surface area contributed by atoms with Crippen LogP contribution in [-0.2, 0) is 4.79 Å². The largest absolute Gasteiger partial charge is 0.493 e. The van der Waals surface area contributed by atoms with Gasteiger partial charge in [-0.3, -0.25) is 9.69 Å². The summed E-state index contributed by atoms with van der Waals surface area (Å²) >= 11 is 0.